The Morgan fingerprint density at radius 3 is 1.68 bits per heavy atom. The van der Waals surface area contributed by atoms with Crippen LogP contribution in [0.3, 0.4) is 0 Å². The maximum absolute atomic E-state index is 12.9. The molecule has 0 heterocycles. The van der Waals surface area contributed by atoms with Crippen LogP contribution in [0.2, 0.25) is 0 Å². The molecule has 0 bridgehead atoms. The van der Waals surface area contributed by atoms with Gasteiger partial charge in [-0.1, -0.05) is 122 Å². The molecule has 5 heteroatoms. The predicted molar refractivity (Wildman–Crippen MR) is 159 cm³/mol. The van der Waals surface area contributed by atoms with Gasteiger partial charge in [0.2, 0.25) is 0 Å². The Morgan fingerprint density at radius 2 is 1.16 bits per heavy atom. The largest absolute Gasteiger partial charge is 0.463 e. The van der Waals surface area contributed by atoms with Crippen LogP contribution in [0, 0.1) is 5.92 Å². The molecule has 0 aliphatic heterocycles. The van der Waals surface area contributed by atoms with Gasteiger partial charge in [-0.15, -0.1) is 0 Å². The van der Waals surface area contributed by atoms with E-state index in [1.807, 2.05) is 0 Å². The first kappa shape index (κ1) is 36.8. The summed E-state index contributed by atoms with van der Waals surface area (Å²) >= 11 is 0. The fourth-order valence-corrected chi connectivity index (χ4v) is 4.80. The molecule has 2 atom stereocenters. The third-order valence-electron chi connectivity index (χ3n) is 7.36. The average molecular weight is 539 g/mol. The topological polar surface area (TPSA) is 83.8 Å². The Morgan fingerprint density at radius 1 is 0.684 bits per heavy atom. The number of allylic oxidation sites excluding steroid dienone is 2. The number of rotatable bonds is 29. The first-order valence-corrected chi connectivity index (χ1v) is 16.2. The van der Waals surface area contributed by atoms with E-state index in [1.54, 1.807) is 0 Å². The highest BCUT2D eigenvalue weighted by Crippen LogP contribution is 2.20. The second-order valence-corrected chi connectivity index (χ2v) is 11.1. The summed E-state index contributed by atoms with van der Waals surface area (Å²) in [5.74, 6) is -0.584. The smallest absolute Gasteiger partial charge is 0.306 e. The molecule has 2 unspecified atom stereocenters. The van der Waals surface area contributed by atoms with Gasteiger partial charge in [0, 0.05) is 12.3 Å². The van der Waals surface area contributed by atoms with Gasteiger partial charge in [-0.25, -0.2) is 0 Å². The monoisotopic (exact) mass is 538 g/mol. The van der Waals surface area contributed by atoms with Gasteiger partial charge in [0.15, 0.2) is 0 Å². The number of hydrogen-bond acceptors (Lipinski definition) is 5. The average Bonchev–Trinajstić information content (AvgIpc) is 2.92. The highest BCUT2D eigenvalue weighted by atomic mass is 16.5. The number of ketones is 1. The maximum atomic E-state index is 12.9. The molecule has 38 heavy (non-hydrogen) atoms. The number of Topliss-reactive ketones (excluding diaryl/α,β-unsaturated/α-hetero) is 1. The minimum Gasteiger partial charge on any atom is -0.463 e. The Kier molecular flexibility index (Phi) is 27.9. The van der Waals surface area contributed by atoms with E-state index < -0.39 is 18.7 Å². The van der Waals surface area contributed by atoms with E-state index in [1.165, 1.54) is 89.9 Å². The third kappa shape index (κ3) is 25.1. The molecule has 0 aliphatic rings. The summed E-state index contributed by atoms with van der Waals surface area (Å²) in [6.07, 6.45) is 29.1. The fraction of sp³-hybridized carbons (Fsp3) is 0.879. The second-order valence-electron chi connectivity index (χ2n) is 11.1. The van der Waals surface area contributed by atoms with Crippen LogP contribution < -0.4 is 0 Å². The van der Waals surface area contributed by atoms with Crippen molar-refractivity contribution in [1.82, 2.24) is 0 Å². The van der Waals surface area contributed by atoms with E-state index >= 15 is 0 Å². The number of esters is 1. The summed E-state index contributed by atoms with van der Waals surface area (Å²) in [7, 11) is 0. The molecule has 0 aromatic heterocycles. The highest BCUT2D eigenvalue weighted by Gasteiger charge is 2.22. The van der Waals surface area contributed by atoms with Crippen LogP contribution in [0.4, 0.5) is 0 Å². The molecule has 2 N–H and O–H groups in total. The molecule has 224 valence electrons. The summed E-state index contributed by atoms with van der Waals surface area (Å²) in [6, 6.07) is 0. The van der Waals surface area contributed by atoms with E-state index in [4.69, 9.17) is 9.84 Å². The number of carbonyl (C=O) groups is 2. The predicted octanol–water partition coefficient (Wildman–Crippen LogP) is 8.64. The molecule has 0 radical (unpaired) electrons. The third-order valence-corrected chi connectivity index (χ3v) is 7.36. The van der Waals surface area contributed by atoms with Gasteiger partial charge < -0.3 is 14.9 Å². The van der Waals surface area contributed by atoms with Crippen LogP contribution in [0.25, 0.3) is 0 Å². The zero-order valence-electron chi connectivity index (χ0n) is 25.1. The van der Waals surface area contributed by atoms with Crippen molar-refractivity contribution in [3.63, 3.8) is 0 Å². The van der Waals surface area contributed by atoms with Crippen molar-refractivity contribution in [2.75, 3.05) is 13.2 Å². The normalized spacial score (nSPS) is 13.2. The molecule has 5 nitrogen and oxygen atoms in total. The second kappa shape index (κ2) is 28.8. The summed E-state index contributed by atoms with van der Waals surface area (Å²) < 4.78 is 5.08. The molecule has 0 aliphatic carbocycles. The van der Waals surface area contributed by atoms with Crippen LogP contribution in [-0.2, 0) is 14.3 Å². The SMILES string of the molecule is CCCCCC/C=C\CCCCCC(CC(=O)OCC(O)CO)C(=O)CCCCCCCCCCCCC. The molecule has 0 saturated carbocycles. The number of ether oxygens (including phenoxy) is 1. The number of carbonyl (C=O) groups excluding carboxylic acids is 2. The summed E-state index contributed by atoms with van der Waals surface area (Å²) in [5.41, 5.74) is 0. The Bertz CT molecular complexity index is 560. The molecular weight excluding hydrogens is 476 g/mol. The Balaban J connectivity index is 4.22. The van der Waals surface area contributed by atoms with Crippen molar-refractivity contribution >= 4 is 11.8 Å². The lowest BCUT2D eigenvalue weighted by molar-refractivity contribution is -0.150. The van der Waals surface area contributed by atoms with E-state index in [-0.39, 0.29) is 24.7 Å². The first-order chi connectivity index (χ1) is 18.5. The van der Waals surface area contributed by atoms with Crippen molar-refractivity contribution in [2.45, 2.75) is 168 Å². The Labute approximate surface area is 235 Å². The number of aliphatic hydroxyl groups excluding tert-OH is 2. The molecule has 0 fully saturated rings. The van der Waals surface area contributed by atoms with E-state index in [0.717, 1.165) is 44.9 Å². The van der Waals surface area contributed by atoms with Crippen molar-refractivity contribution in [3.05, 3.63) is 12.2 Å². The van der Waals surface area contributed by atoms with Crippen molar-refractivity contribution in [3.8, 4) is 0 Å². The Hall–Kier alpha value is -1.20. The zero-order valence-corrected chi connectivity index (χ0v) is 25.1. The van der Waals surface area contributed by atoms with Gasteiger partial charge in [-0.3, -0.25) is 9.59 Å². The van der Waals surface area contributed by atoms with Crippen LogP contribution in [0.5, 0.6) is 0 Å². The molecule has 0 saturated heterocycles. The number of hydrogen-bond donors (Lipinski definition) is 2. The molecule has 0 aromatic rings. The number of aliphatic hydroxyl groups is 2. The minimum atomic E-state index is -1.07. The van der Waals surface area contributed by atoms with Crippen LogP contribution in [-0.4, -0.2) is 41.3 Å². The maximum Gasteiger partial charge on any atom is 0.306 e. The van der Waals surface area contributed by atoms with Gasteiger partial charge in [0.05, 0.1) is 13.0 Å². The fourth-order valence-electron chi connectivity index (χ4n) is 4.80. The molecule has 0 rings (SSSR count). The summed E-state index contributed by atoms with van der Waals surface area (Å²) in [5, 5.41) is 18.4. The quantitative estimate of drug-likeness (QED) is 0.0565. The highest BCUT2D eigenvalue weighted by molar-refractivity contribution is 5.85. The van der Waals surface area contributed by atoms with Gasteiger partial charge in [-0.2, -0.15) is 0 Å². The van der Waals surface area contributed by atoms with Crippen molar-refractivity contribution in [1.29, 1.82) is 0 Å². The van der Waals surface area contributed by atoms with Gasteiger partial charge in [0.1, 0.15) is 18.5 Å². The molecule has 0 amide bonds. The van der Waals surface area contributed by atoms with E-state index in [0.29, 0.717) is 6.42 Å². The van der Waals surface area contributed by atoms with Crippen LogP contribution in [0.15, 0.2) is 12.2 Å². The summed E-state index contributed by atoms with van der Waals surface area (Å²) in [4.78, 5) is 25.2. The summed E-state index contributed by atoms with van der Waals surface area (Å²) in [6.45, 7) is 3.82. The van der Waals surface area contributed by atoms with Crippen molar-refractivity contribution in [2.24, 2.45) is 5.92 Å². The minimum absolute atomic E-state index is 0.0761. The van der Waals surface area contributed by atoms with E-state index in [2.05, 4.69) is 26.0 Å². The molecule has 0 aromatic carbocycles. The van der Waals surface area contributed by atoms with Gasteiger partial charge in [-0.05, 0) is 38.5 Å². The lowest BCUT2D eigenvalue weighted by Gasteiger charge is -2.16. The lowest BCUT2D eigenvalue weighted by Crippen LogP contribution is -2.25. The van der Waals surface area contributed by atoms with Crippen LogP contribution in [0.1, 0.15) is 162 Å². The van der Waals surface area contributed by atoms with Crippen LogP contribution >= 0.6 is 0 Å². The van der Waals surface area contributed by atoms with Gasteiger partial charge in [0.25, 0.3) is 0 Å². The van der Waals surface area contributed by atoms with Gasteiger partial charge >= 0.3 is 5.97 Å². The first-order valence-electron chi connectivity index (χ1n) is 16.2. The van der Waals surface area contributed by atoms with Crippen molar-refractivity contribution < 1.29 is 24.5 Å². The van der Waals surface area contributed by atoms with E-state index in [9.17, 15) is 14.7 Å². The zero-order chi connectivity index (χ0) is 28.1. The number of unbranched alkanes of at least 4 members (excludes halogenated alkanes) is 17. The molecular formula is C33H62O5. The molecule has 0 spiro atoms. The lowest BCUT2D eigenvalue weighted by atomic mass is 9.90. The standard InChI is InChI=1S/C33H62O5/c1-3-5-7-9-11-13-15-17-19-21-23-25-30(27-33(37)38-29-31(35)28-34)32(36)26-24-22-20-18-16-14-12-10-8-6-4-2/h13,15,30-31,34-35H,3-12,14,16-29H2,1-2H3/b15-13-.